The Bertz CT molecular complexity index is 758. The molecule has 0 saturated heterocycles. The molecule has 9 heteroatoms. The van der Waals surface area contributed by atoms with E-state index in [1.165, 1.54) is 14.2 Å². The number of nitrogens with one attached hydrogen (secondary N) is 2. The van der Waals surface area contributed by atoms with Crippen LogP contribution in [0.2, 0.25) is 0 Å². The number of carbonyl (C=O) groups is 4. The van der Waals surface area contributed by atoms with Crippen LogP contribution in [0.25, 0.3) is 0 Å². The van der Waals surface area contributed by atoms with Crippen molar-refractivity contribution in [1.29, 1.82) is 0 Å². The van der Waals surface area contributed by atoms with Crippen LogP contribution in [0.5, 0.6) is 0 Å². The number of thioether (sulfide) groups is 1. The van der Waals surface area contributed by atoms with E-state index in [1.807, 2.05) is 12.3 Å². The molecule has 1 rings (SSSR count). The van der Waals surface area contributed by atoms with Gasteiger partial charge in [-0.15, -0.1) is 0 Å². The van der Waals surface area contributed by atoms with Crippen molar-refractivity contribution in [1.82, 2.24) is 10.6 Å². The third-order valence-corrected chi connectivity index (χ3v) is 5.94. The molecule has 1 aromatic rings. The van der Waals surface area contributed by atoms with E-state index in [0.717, 1.165) is 5.75 Å². The van der Waals surface area contributed by atoms with Gasteiger partial charge in [-0.05, 0) is 36.8 Å². The first-order valence-corrected chi connectivity index (χ1v) is 11.9. The van der Waals surface area contributed by atoms with Gasteiger partial charge in [-0.2, -0.15) is 11.8 Å². The predicted molar refractivity (Wildman–Crippen MR) is 125 cm³/mol. The zero-order valence-electron chi connectivity index (χ0n) is 19.4. The highest BCUT2D eigenvalue weighted by Gasteiger charge is 2.30. The zero-order chi connectivity index (χ0) is 24.1. The van der Waals surface area contributed by atoms with Crippen LogP contribution in [0.4, 0.5) is 9.59 Å². The van der Waals surface area contributed by atoms with Crippen molar-refractivity contribution in [3.05, 3.63) is 35.9 Å². The number of Topliss-reactive ketones (excluding diaryl/α,β-unsaturated/α-hetero) is 2. The Morgan fingerprint density at radius 3 is 1.91 bits per heavy atom. The summed E-state index contributed by atoms with van der Waals surface area (Å²) in [5, 5.41) is 5.21. The Hall–Kier alpha value is -2.55. The highest BCUT2D eigenvalue weighted by atomic mass is 32.2. The van der Waals surface area contributed by atoms with Gasteiger partial charge < -0.3 is 20.1 Å². The fourth-order valence-corrected chi connectivity index (χ4v) is 3.75. The van der Waals surface area contributed by atoms with Crippen molar-refractivity contribution >= 4 is 35.5 Å². The first kappa shape index (κ1) is 27.5. The zero-order valence-corrected chi connectivity index (χ0v) is 20.2. The third-order valence-electron chi connectivity index (χ3n) is 5.30. The molecule has 8 nitrogen and oxygen atoms in total. The number of rotatable bonds is 13. The fraction of sp³-hybridized carbons (Fsp3) is 0.565. The second kappa shape index (κ2) is 14.5. The minimum atomic E-state index is -0.833. The maximum Gasteiger partial charge on any atom is 0.407 e. The minimum Gasteiger partial charge on any atom is -0.453 e. The lowest BCUT2D eigenvalue weighted by atomic mass is 9.86. The van der Waals surface area contributed by atoms with Gasteiger partial charge in [-0.25, -0.2) is 9.59 Å². The van der Waals surface area contributed by atoms with E-state index in [9.17, 15) is 19.2 Å². The van der Waals surface area contributed by atoms with Gasteiger partial charge >= 0.3 is 12.2 Å². The monoisotopic (exact) mass is 466 g/mol. The van der Waals surface area contributed by atoms with Gasteiger partial charge in [-0.3, -0.25) is 9.59 Å². The Kier molecular flexibility index (Phi) is 12.5. The summed E-state index contributed by atoms with van der Waals surface area (Å²) < 4.78 is 9.30. The maximum atomic E-state index is 13.1. The molecule has 178 valence electrons. The van der Waals surface area contributed by atoms with E-state index in [2.05, 4.69) is 20.1 Å². The summed E-state index contributed by atoms with van der Waals surface area (Å²) in [6.45, 7) is 3.58. The predicted octanol–water partition coefficient (Wildman–Crippen LogP) is 3.75. The second-order valence-electron chi connectivity index (χ2n) is 7.63. The van der Waals surface area contributed by atoms with E-state index in [1.54, 1.807) is 49.9 Å². The second-order valence-corrected chi connectivity index (χ2v) is 8.62. The van der Waals surface area contributed by atoms with E-state index < -0.39 is 30.2 Å². The number of carbonyl (C=O) groups excluding carboxylic acids is 4. The van der Waals surface area contributed by atoms with Gasteiger partial charge in [0.15, 0.2) is 11.6 Å². The van der Waals surface area contributed by atoms with Crippen LogP contribution in [0.3, 0.4) is 0 Å². The van der Waals surface area contributed by atoms with E-state index in [0.29, 0.717) is 24.8 Å². The van der Waals surface area contributed by atoms with E-state index in [-0.39, 0.29) is 17.5 Å². The van der Waals surface area contributed by atoms with Crippen molar-refractivity contribution in [2.45, 2.75) is 45.2 Å². The first-order valence-electron chi connectivity index (χ1n) is 10.5. The van der Waals surface area contributed by atoms with Gasteiger partial charge in [0, 0.05) is 11.8 Å². The molecular weight excluding hydrogens is 432 g/mol. The van der Waals surface area contributed by atoms with Gasteiger partial charge in [0.05, 0.1) is 20.3 Å². The molecule has 0 heterocycles. The molecule has 4 atom stereocenters. The Morgan fingerprint density at radius 2 is 1.38 bits per heavy atom. The highest BCUT2D eigenvalue weighted by Crippen LogP contribution is 2.23. The number of hydrogen-bond acceptors (Lipinski definition) is 7. The van der Waals surface area contributed by atoms with Gasteiger partial charge in [0.25, 0.3) is 0 Å². The summed E-state index contributed by atoms with van der Waals surface area (Å²) in [7, 11) is 2.50. The molecule has 0 fully saturated rings. The Morgan fingerprint density at radius 1 is 0.844 bits per heavy atom. The van der Waals surface area contributed by atoms with Crippen molar-refractivity contribution in [2.75, 3.05) is 26.2 Å². The summed E-state index contributed by atoms with van der Waals surface area (Å²) in [4.78, 5) is 49.4. The molecule has 2 amide bonds. The summed E-state index contributed by atoms with van der Waals surface area (Å²) >= 11 is 1.59. The van der Waals surface area contributed by atoms with Crippen molar-refractivity contribution in [3.63, 3.8) is 0 Å². The van der Waals surface area contributed by atoms with Crippen molar-refractivity contribution in [3.8, 4) is 0 Å². The van der Waals surface area contributed by atoms with E-state index >= 15 is 0 Å². The number of amides is 2. The summed E-state index contributed by atoms with van der Waals surface area (Å²) in [6, 6.07) is 7.49. The standard InChI is InChI=1S/C23H34N2O6S/c1-15(20(26)18(13-14-32-5)24-22(28)30-3)11-12-16(2)21(27)19(25-23(29)31-4)17-9-7-6-8-10-17/h6-10,15-16,18-19H,11-14H2,1-5H3,(H,24,28)(H,25,29)/t15?,16?,18-,19+/m1/s1. The Balaban J connectivity index is 2.80. The van der Waals surface area contributed by atoms with Crippen LogP contribution in [-0.4, -0.2) is 56.0 Å². The number of ketones is 2. The lowest BCUT2D eigenvalue weighted by Gasteiger charge is -2.23. The molecule has 0 spiro atoms. The lowest BCUT2D eigenvalue weighted by molar-refractivity contribution is -0.127. The van der Waals surface area contributed by atoms with Crippen molar-refractivity contribution in [2.24, 2.45) is 11.8 Å². The van der Waals surface area contributed by atoms with Crippen LogP contribution < -0.4 is 10.6 Å². The number of ether oxygens (including phenoxy) is 2. The molecule has 32 heavy (non-hydrogen) atoms. The van der Waals surface area contributed by atoms with Crippen LogP contribution >= 0.6 is 11.8 Å². The molecule has 0 aromatic heterocycles. The number of methoxy groups -OCH3 is 2. The van der Waals surface area contributed by atoms with E-state index in [4.69, 9.17) is 0 Å². The molecular formula is C23H34N2O6S. The number of hydrogen-bond donors (Lipinski definition) is 2. The normalized spacial score (nSPS) is 14.4. The highest BCUT2D eigenvalue weighted by molar-refractivity contribution is 7.98. The topological polar surface area (TPSA) is 111 Å². The summed E-state index contributed by atoms with van der Waals surface area (Å²) in [5.41, 5.74) is 0.665. The molecule has 1 aromatic carbocycles. The summed E-state index contributed by atoms with van der Waals surface area (Å²) in [6.07, 6.45) is 2.05. The minimum absolute atomic E-state index is 0.0867. The molecule has 0 aliphatic rings. The van der Waals surface area contributed by atoms with Gasteiger partial charge in [0.2, 0.25) is 0 Å². The summed E-state index contributed by atoms with van der Waals surface area (Å²) in [5.74, 6) is -0.270. The molecule has 0 radical (unpaired) electrons. The van der Waals surface area contributed by atoms with Gasteiger partial charge in [-0.1, -0.05) is 44.2 Å². The quantitative estimate of drug-likeness (QED) is 0.455. The molecule has 0 aliphatic heterocycles. The number of alkyl carbamates (subject to hydrolysis) is 2. The first-order chi connectivity index (χ1) is 15.2. The lowest BCUT2D eigenvalue weighted by Crippen LogP contribution is -2.43. The molecule has 0 saturated carbocycles. The van der Waals surface area contributed by atoms with Crippen molar-refractivity contribution < 1.29 is 28.7 Å². The van der Waals surface area contributed by atoms with Crippen LogP contribution in [-0.2, 0) is 19.1 Å². The van der Waals surface area contributed by atoms with Crippen LogP contribution in [0.1, 0.15) is 44.7 Å². The molecule has 2 N–H and O–H groups in total. The number of benzene rings is 1. The van der Waals surface area contributed by atoms with Crippen LogP contribution in [0.15, 0.2) is 30.3 Å². The third kappa shape index (κ3) is 8.90. The SMILES string of the molecule is COC(=O)N[C@H](C(=O)C(C)CCC(C)C(=O)[C@@H](CCSC)NC(=O)OC)c1ccccc1. The fourth-order valence-electron chi connectivity index (χ4n) is 3.28. The maximum absolute atomic E-state index is 13.1. The molecule has 0 aliphatic carbocycles. The van der Waals surface area contributed by atoms with Crippen LogP contribution in [0, 0.1) is 11.8 Å². The smallest absolute Gasteiger partial charge is 0.407 e. The average Bonchev–Trinajstić information content (AvgIpc) is 2.82. The Labute approximate surface area is 194 Å². The average molecular weight is 467 g/mol. The molecule has 2 unspecified atom stereocenters. The largest absolute Gasteiger partial charge is 0.453 e. The van der Waals surface area contributed by atoms with Gasteiger partial charge in [0.1, 0.15) is 6.04 Å². The molecule has 0 bridgehead atoms.